The summed E-state index contributed by atoms with van der Waals surface area (Å²) in [5.74, 6) is 0.819. The van der Waals surface area contributed by atoms with Gasteiger partial charge in [-0.2, -0.15) is 0 Å². The van der Waals surface area contributed by atoms with E-state index in [9.17, 15) is 5.11 Å². The number of ether oxygens (including phenoxy) is 2. The van der Waals surface area contributed by atoms with Crippen LogP contribution in [0.1, 0.15) is 18.5 Å². The fourth-order valence-electron chi connectivity index (χ4n) is 2.45. The van der Waals surface area contributed by atoms with Crippen LogP contribution in [0.2, 0.25) is 0 Å². The van der Waals surface area contributed by atoms with E-state index in [1.807, 2.05) is 38.2 Å². The van der Waals surface area contributed by atoms with Gasteiger partial charge >= 0.3 is 0 Å². The third-order valence-corrected chi connectivity index (χ3v) is 3.29. The summed E-state index contributed by atoms with van der Waals surface area (Å²) >= 11 is 0. The summed E-state index contributed by atoms with van der Waals surface area (Å²) in [7, 11) is 5.18. The Morgan fingerprint density at radius 1 is 1.25 bits per heavy atom. The maximum atomic E-state index is 9.85. The predicted molar refractivity (Wildman–Crippen MR) is 79.9 cm³/mol. The molecule has 0 aromatic heterocycles. The van der Waals surface area contributed by atoms with Crippen LogP contribution in [-0.4, -0.2) is 56.6 Å². The fraction of sp³-hybridized carbons (Fsp3) is 0.600. The van der Waals surface area contributed by atoms with Crippen LogP contribution < -0.4 is 10.5 Å². The number of methoxy groups -OCH3 is 2. The normalized spacial score (nSPS) is 15.9. The van der Waals surface area contributed by atoms with E-state index in [0.29, 0.717) is 13.2 Å². The minimum atomic E-state index is -0.524. The van der Waals surface area contributed by atoms with E-state index in [2.05, 4.69) is 4.90 Å². The zero-order valence-electron chi connectivity index (χ0n) is 12.7. The van der Waals surface area contributed by atoms with Crippen molar-refractivity contribution in [2.45, 2.75) is 25.1 Å². The number of aliphatic hydroxyl groups is 1. The van der Waals surface area contributed by atoms with Crippen LogP contribution in [0.25, 0.3) is 0 Å². The molecule has 0 aliphatic heterocycles. The molecule has 5 heteroatoms. The zero-order valence-corrected chi connectivity index (χ0v) is 12.7. The minimum Gasteiger partial charge on any atom is -0.497 e. The van der Waals surface area contributed by atoms with Crippen LogP contribution in [0.5, 0.6) is 5.75 Å². The first-order chi connectivity index (χ1) is 9.49. The highest BCUT2D eigenvalue weighted by atomic mass is 16.5. The van der Waals surface area contributed by atoms with Gasteiger partial charge in [0.1, 0.15) is 5.75 Å². The lowest BCUT2D eigenvalue weighted by Crippen LogP contribution is -2.41. The molecule has 0 fully saturated rings. The van der Waals surface area contributed by atoms with Crippen LogP contribution in [0.3, 0.4) is 0 Å². The lowest BCUT2D eigenvalue weighted by Gasteiger charge is -2.32. The Labute approximate surface area is 121 Å². The Bertz CT molecular complexity index is 381. The van der Waals surface area contributed by atoms with E-state index in [-0.39, 0.29) is 12.1 Å². The van der Waals surface area contributed by atoms with Gasteiger partial charge in [-0.25, -0.2) is 0 Å². The second-order valence-electron chi connectivity index (χ2n) is 5.13. The van der Waals surface area contributed by atoms with E-state index in [1.54, 1.807) is 14.2 Å². The van der Waals surface area contributed by atoms with Gasteiger partial charge in [0, 0.05) is 25.7 Å². The van der Waals surface area contributed by atoms with Crippen molar-refractivity contribution in [3.05, 3.63) is 29.8 Å². The van der Waals surface area contributed by atoms with Gasteiger partial charge in [0.2, 0.25) is 0 Å². The van der Waals surface area contributed by atoms with Crippen molar-refractivity contribution < 1.29 is 14.6 Å². The molecule has 0 radical (unpaired) electrons. The Hall–Kier alpha value is -1.14. The molecule has 0 saturated heterocycles. The first-order valence-electron chi connectivity index (χ1n) is 6.76. The summed E-state index contributed by atoms with van der Waals surface area (Å²) in [6.07, 6.45) is -0.524. The molecule has 0 aliphatic carbocycles. The molecule has 20 heavy (non-hydrogen) atoms. The predicted octanol–water partition coefficient (Wildman–Crippen LogP) is 1.02. The Morgan fingerprint density at radius 2 is 1.85 bits per heavy atom. The standard InChI is InChI=1S/C15H26N2O3/c1-11(16)15(17(2)9-13(18)10-19-3)12-5-7-14(20-4)8-6-12/h5-8,11,13,15,18H,9-10,16H2,1-4H3. The van der Waals surface area contributed by atoms with Crippen molar-refractivity contribution in [3.8, 4) is 5.75 Å². The minimum absolute atomic E-state index is 0.0346. The van der Waals surface area contributed by atoms with Crippen LogP contribution >= 0.6 is 0 Å². The Balaban J connectivity index is 2.81. The SMILES string of the molecule is COCC(O)CN(C)C(c1ccc(OC)cc1)C(C)N. The molecule has 0 saturated carbocycles. The van der Waals surface area contributed by atoms with E-state index in [1.165, 1.54) is 0 Å². The number of aliphatic hydroxyl groups excluding tert-OH is 1. The van der Waals surface area contributed by atoms with Crippen molar-refractivity contribution in [1.29, 1.82) is 0 Å². The van der Waals surface area contributed by atoms with Gasteiger partial charge in [-0.3, -0.25) is 4.90 Å². The highest BCUT2D eigenvalue weighted by molar-refractivity contribution is 5.29. The number of benzene rings is 1. The molecule has 5 nitrogen and oxygen atoms in total. The second kappa shape index (κ2) is 8.21. The van der Waals surface area contributed by atoms with E-state index >= 15 is 0 Å². The van der Waals surface area contributed by atoms with Crippen LogP contribution in [-0.2, 0) is 4.74 Å². The van der Waals surface area contributed by atoms with E-state index in [4.69, 9.17) is 15.2 Å². The number of hydrogen-bond acceptors (Lipinski definition) is 5. The topological polar surface area (TPSA) is 68.0 Å². The number of rotatable bonds is 8. The zero-order chi connectivity index (χ0) is 15.1. The molecule has 3 unspecified atom stereocenters. The maximum absolute atomic E-state index is 9.85. The van der Waals surface area contributed by atoms with Crippen molar-refractivity contribution in [2.75, 3.05) is 34.4 Å². The van der Waals surface area contributed by atoms with Crippen molar-refractivity contribution in [2.24, 2.45) is 5.73 Å². The van der Waals surface area contributed by atoms with Crippen LogP contribution in [0.15, 0.2) is 24.3 Å². The fourth-order valence-corrected chi connectivity index (χ4v) is 2.45. The van der Waals surface area contributed by atoms with Crippen LogP contribution in [0, 0.1) is 0 Å². The monoisotopic (exact) mass is 282 g/mol. The molecule has 1 aromatic rings. The summed E-state index contributed by atoms with van der Waals surface area (Å²) < 4.78 is 10.1. The molecular formula is C15H26N2O3. The Morgan fingerprint density at radius 3 is 2.30 bits per heavy atom. The summed E-state index contributed by atoms with van der Waals surface area (Å²) in [5.41, 5.74) is 7.21. The van der Waals surface area contributed by atoms with Gasteiger partial charge in [-0.1, -0.05) is 12.1 Å². The largest absolute Gasteiger partial charge is 0.497 e. The number of hydrogen-bond donors (Lipinski definition) is 2. The molecule has 3 atom stereocenters. The molecule has 0 bridgehead atoms. The molecule has 114 valence electrons. The molecule has 0 spiro atoms. The molecule has 0 heterocycles. The lowest BCUT2D eigenvalue weighted by molar-refractivity contribution is 0.0317. The third-order valence-electron chi connectivity index (χ3n) is 3.29. The average molecular weight is 282 g/mol. The lowest BCUT2D eigenvalue weighted by atomic mass is 9.99. The first-order valence-corrected chi connectivity index (χ1v) is 6.76. The average Bonchev–Trinajstić information content (AvgIpc) is 2.39. The van der Waals surface area contributed by atoms with Crippen molar-refractivity contribution in [1.82, 2.24) is 4.90 Å². The number of nitrogens with zero attached hydrogens (tertiary/aromatic N) is 1. The van der Waals surface area contributed by atoms with Gasteiger partial charge in [-0.15, -0.1) is 0 Å². The number of nitrogens with two attached hydrogens (primary N) is 1. The molecule has 0 amide bonds. The first kappa shape index (κ1) is 16.9. The molecule has 0 aliphatic rings. The summed E-state index contributed by atoms with van der Waals surface area (Å²) in [5, 5.41) is 9.85. The second-order valence-corrected chi connectivity index (χ2v) is 5.13. The summed E-state index contributed by atoms with van der Waals surface area (Å²) in [4.78, 5) is 2.05. The molecule has 1 aromatic carbocycles. The van der Waals surface area contributed by atoms with Crippen molar-refractivity contribution >= 4 is 0 Å². The van der Waals surface area contributed by atoms with Gasteiger partial charge in [0.05, 0.1) is 19.8 Å². The maximum Gasteiger partial charge on any atom is 0.118 e. The smallest absolute Gasteiger partial charge is 0.118 e. The molecule has 3 N–H and O–H groups in total. The van der Waals surface area contributed by atoms with Gasteiger partial charge in [-0.05, 0) is 31.7 Å². The quantitative estimate of drug-likeness (QED) is 0.745. The number of likely N-dealkylation sites (N-methyl/N-ethyl adjacent to an activating group) is 1. The summed E-state index contributed by atoms with van der Waals surface area (Å²) in [6, 6.07) is 7.84. The van der Waals surface area contributed by atoms with E-state index in [0.717, 1.165) is 11.3 Å². The summed E-state index contributed by atoms with van der Waals surface area (Å²) in [6.45, 7) is 2.79. The molecule has 1 rings (SSSR count). The highest BCUT2D eigenvalue weighted by Gasteiger charge is 2.23. The highest BCUT2D eigenvalue weighted by Crippen LogP contribution is 2.24. The van der Waals surface area contributed by atoms with E-state index < -0.39 is 6.10 Å². The van der Waals surface area contributed by atoms with Crippen LogP contribution in [0.4, 0.5) is 0 Å². The van der Waals surface area contributed by atoms with Gasteiger partial charge in [0.25, 0.3) is 0 Å². The third kappa shape index (κ3) is 4.76. The van der Waals surface area contributed by atoms with Gasteiger partial charge < -0.3 is 20.3 Å². The molecular weight excluding hydrogens is 256 g/mol. The van der Waals surface area contributed by atoms with Gasteiger partial charge in [0.15, 0.2) is 0 Å². The Kier molecular flexibility index (Phi) is 6.95. The van der Waals surface area contributed by atoms with Crippen molar-refractivity contribution in [3.63, 3.8) is 0 Å².